The molecule has 4 N–H and O–H groups in total. The molecule has 0 unspecified atom stereocenters. The number of morpholine rings is 2. The van der Waals surface area contributed by atoms with Gasteiger partial charge >= 0.3 is 0 Å². The fourth-order valence-electron chi connectivity index (χ4n) is 4.37. The minimum absolute atomic E-state index is 0.555. The molecule has 0 atom stereocenters. The van der Waals surface area contributed by atoms with Gasteiger partial charge in [-0.2, -0.15) is 0 Å². The van der Waals surface area contributed by atoms with Crippen molar-refractivity contribution in [1.29, 1.82) is 5.41 Å². The molecule has 9 nitrogen and oxygen atoms in total. The van der Waals surface area contributed by atoms with Crippen molar-refractivity contribution in [1.82, 2.24) is 20.2 Å². The third kappa shape index (κ3) is 5.06. The second-order valence-electron chi connectivity index (χ2n) is 8.48. The number of rotatable bonds is 8. The Bertz CT molecular complexity index is 1140. The number of nitrogens with zero attached hydrogens (tertiary/aromatic N) is 4. The summed E-state index contributed by atoms with van der Waals surface area (Å²) in [5.74, 6) is 1.54. The number of aromatic nitrogens is 2. The topological polar surface area (TPSA) is 113 Å². The first kappa shape index (κ1) is 23.1. The second kappa shape index (κ2) is 10.7. The van der Waals surface area contributed by atoms with Crippen molar-refractivity contribution >= 4 is 39.3 Å². The Balaban J connectivity index is 1.42. The highest BCUT2D eigenvalue weighted by molar-refractivity contribution is 7.19. The fourth-order valence-corrected chi connectivity index (χ4v) is 5.46. The van der Waals surface area contributed by atoms with Crippen molar-refractivity contribution in [3.63, 3.8) is 0 Å². The summed E-state index contributed by atoms with van der Waals surface area (Å²) in [6.07, 6.45) is 1.28. The standard InChI is InChI=1S/C24H31N7O2S/c25-15-19-18(2-1-3-20(19)26)23-28-21-14-17(16-27-4-5-30-6-10-32-11-7-30)34-22(21)24(29-23)31-8-12-33-13-9-31/h1-3,14-15,25,27H,4-13,16,26H2. The van der Waals surface area contributed by atoms with Crippen molar-refractivity contribution in [3.8, 4) is 11.4 Å². The summed E-state index contributed by atoms with van der Waals surface area (Å²) in [5.41, 5.74) is 9.05. The summed E-state index contributed by atoms with van der Waals surface area (Å²) >= 11 is 1.75. The van der Waals surface area contributed by atoms with Gasteiger partial charge in [-0.05, 0) is 12.1 Å². The van der Waals surface area contributed by atoms with E-state index in [1.807, 2.05) is 12.1 Å². The molecular formula is C24H31N7O2S. The normalized spacial score (nSPS) is 17.4. The Morgan fingerprint density at radius 1 is 1.09 bits per heavy atom. The van der Waals surface area contributed by atoms with E-state index in [0.717, 1.165) is 80.6 Å². The highest BCUT2D eigenvalue weighted by Crippen LogP contribution is 2.35. The Morgan fingerprint density at radius 3 is 2.62 bits per heavy atom. The highest BCUT2D eigenvalue weighted by Gasteiger charge is 2.21. The van der Waals surface area contributed by atoms with Gasteiger partial charge in [0.2, 0.25) is 0 Å². The summed E-state index contributed by atoms with van der Waals surface area (Å²) in [5, 5.41) is 11.4. The van der Waals surface area contributed by atoms with Gasteiger partial charge in [0.05, 0.1) is 36.6 Å². The van der Waals surface area contributed by atoms with Gasteiger partial charge in [-0.25, -0.2) is 9.97 Å². The van der Waals surface area contributed by atoms with E-state index in [0.29, 0.717) is 30.3 Å². The minimum atomic E-state index is 0.555. The molecule has 0 amide bonds. The molecule has 0 radical (unpaired) electrons. The van der Waals surface area contributed by atoms with Crippen molar-refractivity contribution in [2.45, 2.75) is 6.54 Å². The lowest BCUT2D eigenvalue weighted by Gasteiger charge is -2.28. The molecular weight excluding hydrogens is 450 g/mol. The van der Waals surface area contributed by atoms with Gasteiger partial charge in [0.15, 0.2) is 11.6 Å². The van der Waals surface area contributed by atoms with Gasteiger partial charge < -0.3 is 30.8 Å². The van der Waals surface area contributed by atoms with Crippen molar-refractivity contribution in [2.24, 2.45) is 0 Å². The predicted octanol–water partition coefficient (Wildman–Crippen LogP) is 2.20. The molecule has 1 aromatic carbocycles. The maximum Gasteiger partial charge on any atom is 0.162 e. The smallest absolute Gasteiger partial charge is 0.162 e. The van der Waals surface area contributed by atoms with E-state index in [2.05, 4.69) is 21.2 Å². The van der Waals surface area contributed by atoms with Crippen LogP contribution in [0.5, 0.6) is 0 Å². The van der Waals surface area contributed by atoms with Crippen molar-refractivity contribution in [3.05, 3.63) is 34.7 Å². The molecule has 0 aliphatic carbocycles. The number of nitrogens with two attached hydrogens (primary N) is 1. The number of nitrogen functional groups attached to an aromatic ring is 1. The predicted molar refractivity (Wildman–Crippen MR) is 137 cm³/mol. The molecule has 2 saturated heterocycles. The number of ether oxygens (including phenoxy) is 2. The van der Waals surface area contributed by atoms with E-state index in [4.69, 9.17) is 30.6 Å². The van der Waals surface area contributed by atoms with Crippen LogP contribution < -0.4 is 16.0 Å². The number of benzene rings is 1. The fraction of sp³-hybridized carbons (Fsp3) is 0.458. The zero-order valence-corrected chi connectivity index (χ0v) is 20.1. The monoisotopic (exact) mass is 481 g/mol. The third-order valence-electron chi connectivity index (χ3n) is 6.25. The number of thiophene rings is 1. The van der Waals surface area contributed by atoms with Gasteiger partial charge in [0.1, 0.15) is 0 Å². The van der Waals surface area contributed by atoms with Gasteiger partial charge in [-0.15, -0.1) is 11.3 Å². The highest BCUT2D eigenvalue weighted by atomic mass is 32.1. The lowest BCUT2D eigenvalue weighted by atomic mass is 10.1. The Labute approximate surface area is 203 Å². The SMILES string of the molecule is N=Cc1c(N)cccc1-c1nc(N2CCOCC2)c2sc(CNCCN3CCOCC3)cc2n1. The van der Waals surface area contributed by atoms with Crippen LogP contribution in [0.4, 0.5) is 11.5 Å². The molecule has 0 spiro atoms. The van der Waals surface area contributed by atoms with Crippen LogP contribution in [0.1, 0.15) is 10.4 Å². The van der Waals surface area contributed by atoms with Gasteiger partial charge in [0.25, 0.3) is 0 Å². The van der Waals surface area contributed by atoms with Gasteiger partial charge in [-0.1, -0.05) is 12.1 Å². The largest absolute Gasteiger partial charge is 0.398 e. The van der Waals surface area contributed by atoms with Crippen LogP contribution in [0.15, 0.2) is 24.3 Å². The first-order valence-corrected chi connectivity index (χ1v) is 12.6. The molecule has 2 aromatic heterocycles. The number of fused-ring (bicyclic) bond motifs is 1. The van der Waals surface area contributed by atoms with Crippen LogP contribution in [0.3, 0.4) is 0 Å². The van der Waals surface area contributed by atoms with Crippen LogP contribution in [-0.2, 0) is 16.0 Å². The van der Waals surface area contributed by atoms with Crippen LogP contribution >= 0.6 is 11.3 Å². The molecule has 180 valence electrons. The molecule has 0 bridgehead atoms. The van der Waals surface area contributed by atoms with Gasteiger partial charge in [-0.3, -0.25) is 4.90 Å². The molecule has 10 heteroatoms. The molecule has 0 saturated carbocycles. The zero-order valence-electron chi connectivity index (χ0n) is 19.3. The first-order valence-electron chi connectivity index (χ1n) is 11.8. The number of anilines is 2. The maximum absolute atomic E-state index is 7.86. The van der Waals surface area contributed by atoms with E-state index in [-0.39, 0.29) is 0 Å². The number of hydrogen-bond donors (Lipinski definition) is 3. The lowest BCUT2D eigenvalue weighted by molar-refractivity contribution is 0.0384. The Hall–Kier alpha value is -2.63. The molecule has 2 aliphatic rings. The molecule has 5 rings (SSSR count). The molecule has 2 fully saturated rings. The third-order valence-corrected chi connectivity index (χ3v) is 7.37. The maximum atomic E-state index is 7.86. The lowest BCUT2D eigenvalue weighted by Crippen LogP contribution is -2.40. The average molecular weight is 482 g/mol. The summed E-state index contributed by atoms with van der Waals surface area (Å²) in [7, 11) is 0. The molecule has 4 heterocycles. The van der Waals surface area contributed by atoms with E-state index in [1.165, 1.54) is 11.1 Å². The minimum Gasteiger partial charge on any atom is -0.398 e. The van der Waals surface area contributed by atoms with Crippen molar-refractivity contribution in [2.75, 3.05) is 76.3 Å². The Kier molecular flexibility index (Phi) is 7.31. The quantitative estimate of drug-likeness (QED) is 0.255. The Morgan fingerprint density at radius 2 is 1.85 bits per heavy atom. The molecule has 2 aliphatic heterocycles. The average Bonchev–Trinajstić information content (AvgIpc) is 3.30. The van der Waals surface area contributed by atoms with Crippen LogP contribution in [-0.4, -0.2) is 86.8 Å². The summed E-state index contributed by atoms with van der Waals surface area (Å²) < 4.78 is 12.1. The number of hydrogen-bond acceptors (Lipinski definition) is 10. The molecule has 34 heavy (non-hydrogen) atoms. The van der Waals surface area contributed by atoms with E-state index in [9.17, 15) is 0 Å². The number of nitrogens with one attached hydrogen (secondary N) is 2. The summed E-state index contributed by atoms with van der Waals surface area (Å²) in [6, 6.07) is 7.78. The van der Waals surface area contributed by atoms with Gasteiger partial charge in [0, 0.05) is 73.7 Å². The van der Waals surface area contributed by atoms with E-state index >= 15 is 0 Å². The van der Waals surface area contributed by atoms with Crippen LogP contribution in [0.25, 0.3) is 21.6 Å². The molecule has 3 aromatic rings. The zero-order chi connectivity index (χ0) is 23.3. The first-order chi connectivity index (χ1) is 16.7. The second-order valence-corrected chi connectivity index (χ2v) is 9.62. The summed E-state index contributed by atoms with van der Waals surface area (Å²) in [4.78, 5) is 15.8. The van der Waals surface area contributed by atoms with E-state index < -0.39 is 0 Å². The summed E-state index contributed by atoms with van der Waals surface area (Å²) in [6.45, 7) is 9.40. The van der Waals surface area contributed by atoms with E-state index in [1.54, 1.807) is 17.4 Å². The van der Waals surface area contributed by atoms with Crippen LogP contribution in [0.2, 0.25) is 0 Å². The van der Waals surface area contributed by atoms with Crippen LogP contribution in [0, 0.1) is 5.41 Å². The van der Waals surface area contributed by atoms with Crippen molar-refractivity contribution < 1.29 is 9.47 Å².